The molecule has 0 bridgehead atoms. The summed E-state index contributed by atoms with van der Waals surface area (Å²) in [6.07, 6.45) is 19.8. The van der Waals surface area contributed by atoms with Crippen molar-refractivity contribution in [2.24, 2.45) is 0 Å². The van der Waals surface area contributed by atoms with Gasteiger partial charge in [0.15, 0.2) is 0 Å². The second-order valence-corrected chi connectivity index (χ2v) is 9.10. The van der Waals surface area contributed by atoms with Crippen molar-refractivity contribution < 1.29 is 24.8 Å². The standard InChI is InChI=1S/C25H50O5/c1-2-3-4-5-6-7-8-9-10-11-12-13-14-15-16-17-18-19-29-23(20-26)25-24(28)22(27)21-30-25/h22-28H,2-21H2,1H3/t22-,23+,24-,25-/m1/s1. The molecule has 0 aromatic rings. The lowest BCUT2D eigenvalue weighted by Gasteiger charge is -2.24. The van der Waals surface area contributed by atoms with E-state index in [4.69, 9.17) is 9.47 Å². The minimum absolute atomic E-state index is 0.102. The summed E-state index contributed by atoms with van der Waals surface area (Å²) < 4.78 is 11.0. The molecule has 5 heteroatoms. The van der Waals surface area contributed by atoms with E-state index in [0.29, 0.717) is 6.61 Å². The summed E-state index contributed by atoms with van der Waals surface area (Å²) in [7, 11) is 0. The van der Waals surface area contributed by atoms with Crippen molar-refractivity contribution in [2.75, 3.05) is 19.8 Å². The monoisotopic (exact) mass is 430 g/mol. The van der Waals surface area contributed by atoms with Gasteiger partial charge < -0.3 is 24.8 Å². The molecular formula is C25H50O5. The van der Waals surface area contributed by atoms with Crippen LogP contribution >= 0.6 is 0 Å². The second kappa shape index (κ2) is 19.5. The Bertz CT molecular complexity index is 365. The third-order valence-corrected chi connectivity index (χ3v) is 6.32. The first-order chi connectivity index (χ1) is 14.7. The van der Waals surface area contributed by atoms with Gasteiger partial charge in [0.2, 0.25) is 0 Å². The summed E-state index contributed by atoms with van der Waals surface area (Å²) in [5, 5.41) is 28.8. The average Bonchev–Trinajstić information content (AvgIpc) is 3.08. The maximum absolute atomic E-state index is 9.84. The summed E-state index contributed by atoms with van der Waals surface area (Å²) >= 11 is 0. The summed E-state index contributed by atoms with van der Waals surface area (Å²) in [5.41, 5.74) is 0. The minimum Gasteiger partial charge on any atom is -0.394 e. The van der Waals surface area contributed by atoms with Gasteiger partial charge in [-0.1, -0.05) is 110 Å². The van der Waals surface area contributed by atoms with E-state index in [9.17, 15) is 15.3 Å². The van der Waals surface area contributed by atoms with Crippen LogP contribution < -0.4 is 0 Å². The van der Waals surface area contributed by atoms with E-state index >= 15 is 0 Å². The first kappa shape index (κ1) is 27.8. The quantitative estimate of drug-likeness (QED) is 0.220. The molecule has 180 valence electrons. The summed E-state index contributed by atoms with van der Waals surface area (Å²) in [6, 6.07) is 0. The lowest BCUT2D eigenvalue weighted by Crippen LogP contribution is -2.42. The lowest BCUT2D eigenvalue weighted by atomic mass is 10.0. The molecule has 1 saturated heterocycles. The third-order valence-electron chi connectivity index (χ3n) is 6.32. The second-order valence-electron chi connectivity index (χ2n) is 9.10. The van der Waals surface area contributed by atoms with Crippen molar-refractivity contribution in [3.8, 4) is 0 Å². The highest BCUT2D eigenvalue weighted by Gasteiger charge is 2.40. The molecule has 0 aliphatic carbocycles. The van der Waals surface area contributed by atoms with Gasteiger partial charge in [-0.25, -0.2) is 0 Å². The molecule has 0 amide bonds. The molecule has 0 unspecified atom stereocenters. The van der Waals surface area contributed by atoms with E-state index in [2.05, 4.69) is 6.92 Å². The van der Waals surface area contributed by atoms with Crippen LogP contribution in [0.1, 0.15) is 116 Å². The predicted octanol–water partition coefficient (Wildman–Crippen LogP) is 5.14. The SMILES string of the molecule is CCCCCCCCCCCCCCCCCCCO[C@@H](CO)[C@H]1OC[C@@H](O)[C@H]1O. The molecule has 30 heavy (non-hydrogen) atoms. The summed E-state index contributed by atoms with van der Waals surface area (Å²) in [4.78, 5) is 0. The molecule has 1 aliphatic rings. The normalized spacial score (nSPS) is 22.6. The fourth-order valence-electron chi connectivity index (χ4n) is 4.27. The molecule has 0 aromatic heterocycles. The minimum atomic E-state index is -0.974. The topological polar surface area (TPSA) is 79.2 Å². The number of aliphatic hydroxyl groups is 3. The highest BCUT2D eigenvalue weighted by molar-refractivity contribution is 4.88. The van der Waals surface area contributed by atoms with Gasteiger partial charge in [-0.05, 0) is 6.42 Å². The van der Waals surface area contributed by atoms with E-state index in [1.54, 1.807) is 0 Å². The van der Waals surface area contributed by atoms with Gasteiger partial charge in [0, 0.05) is 6.61 Å². The lowest BCUT2D eigenvalue weighted by molar-refractivity contribution is -0.101. The molecule has 1 heterocycles. The first-order valence-electron chi connectivity index (χ1n) is 12.9. The Hall–Kier alpha value is -0.200. The van der Waals surface area contributed by atoms with Crippen LogP contribution in [0.5, 0.6) is 0 Å². The smallest absolute Gasteiger partial charge is 0.114 e. The molecule has 1 rings (SSSR count). The van der Waals surface area contributed by atoms with Crippen LogP contribution in [-0.4, -0.2) is 59.6 Å². The fraction of sp³-hybridized carbons (Fsp3) is 1.00. The molecule has 1 fully saturated rings. The fourth-order valence-corrected chi connectivity index (χ4v) is 4.27. The van der Waals surface area contributed by atoms with Crippen LogP contribution in [0.2, 0.25) is 0 Å². The summed E-state index contributed by atoms with van der Waals surface area (Å²) in [6.45, 7) is 2.74. The highest BCUT2D eigenvalue weighted by Crippen LogP contribution is 2.20. The number of ether oxygens (including phenoxy) is 2. The largest absolute Gasteiger partial charge is 0.394 e. The number of rotatable bonds is 21. The van der Waals surface area contributed by atoms with Gasteiger partial charge in [-0.15, -0.1) is 0 Å². The van der Waals surface area contributed by atoms with Crippen molar-refractivity contribution in [3.63, 3.8) is 0 Å². The van der Waals surface area contributed by atoms with E-state index in [-0.39, 0.29) is 13.2 Å². The van der Waals surface area contributed by atoms with Crippen LogP contribution in [0, 0.1) is 0 Å². The zero-order chi connectivity index (χ0) is 21.9. The molecular weight excluding hydrogens is 380 g/mol. The Morgan fingerprint density at radius 2 is 1.17 bits per heavy atom. The van der Waals surface area contributed by atoms with Crippen LogP contribution in [0.3, 0.4) is 0 Å². The molecule has 1 aliphatic heterocycles. The number of aliphatic hydroxyl groups excluding tert-OH is 3. The van der Waals surface area contributed by atoms with E-state index in [0.717, 1.165) is 12.8 Å². The van der Waals surface area contributed by atoms with Gasteiger partial charge >= 0.3 is 0 Å². The zero-order valence-electron chi connectivity index (χ0n) is 19.6. The van der Waals surface area contributed by atoms with Crippen LogP contribution in [0.4, 0.5) is 0 Å². The number of hydrogen-bond acceptors (Lipinski definition) is 5. The molecule has 3 N–H and O–H groups in total. The van der Waals surface area contributed by atoms with Crippen molar-refractivity contribution >= 4 is 0 Å². The Morgan fingerprint density at radius 1 is 0.733 bits per heavy atom. The Balaban J connectivity index is 1.79. The maximum Gasteiger partial charge on any atom is 0.114 e. The predicted molar refractivity (Wildman–Crippen MR) is 123 cm³/mol. The van der Waals surface area contributed by atoms with Crippen LogP contribution in [0.25, 0.3) is 0 Å². The van der Waals surface area contributed by atoms with Gasteiger partial charge in [0.1, 0.15) is 24.4 Å². The first-order valence-corrected chi connectivity index (χ1v) is 12.9. The van der Waals surface area contributed by atoms with Gasteiger partial charge in [-0.2, -0.15) is 0 Å². The van der Waals surface area contributed by atoms with Crippen molar-refractivity contribution in [1.82, 2.24) is 0 Å². The van der Waals surface area contributed by atoms with Gasteiger partial charge in [0.05, 0.1) is 13.2 Å². The number of hydrogen-bond donors (Lipinski definition) is 3. The molecule has 4 atom stereocenters. The molecule has 0 radical (unpaired) electrons. The van der Waals surface area contributed by atoms with Gasteiger partial charge in [-0.3, -0.25) is 0 Å². The van der Waals surface area contributed by atoms with Crippen molar-refractivity contribution in [3.05, 3.63) is 0 Å². The molecule has 0 aromatic carbocycles. The van der Waals surface area contributed by atoms with Crippen LogP contribution in [0.15, 0.2) is 0 Å². The van der Waals surface area contributed by atoms with E-state index < -0.39 is 24.4 Å². The Labute approximate surface area is 185 Å². The van der Waals surface area contributed by atoms with Crippen molar-refractivity contribution in [2.45, 2.75) is 140 Å². The zero-order valence-corrected chi connectivity index (χ0v) is 19.6. The number of unbranched alkanes of at least 4 members (excludes halogenated alkanes) is 16. The average molecular weight is 431 g/mol. The maximum atomic E-state index is 9.84. The van der Waals surface area contributed by atoms with Crippen molar-refractivity contribution in [1.29, 1.82) is 0 Å². The van der Waals surface area contributed by atoms with E-state index in [1.807, 2.05) is 0 Å². The Kier molecular flexibility index (Phi) is 18.1. The van der Waals surface area contributed by atoms with E-state index in [1.165, 1.54) is 96.3 Å². The molecule has 5 nitrogen and oxygen atoms in total. The highest BCUT2D eigenvalue weighted by atomic mass is 16.6. The third kappa shape index (κ3) is 13.3. The Morgan fingerprint density at radius 3 is 1.53 bits per heavy atom. The molecule has 0 saturated carbocycles. The summed E-state index contributed by atoms with van der Waals surface area (Å²) in [5.74, 6) is 0. The molecule has 0 spiro atoms. The van der Waals surface area contributed by atoms with Crippen LogP contribution in [-0.2, 0) is 9.47 Å². The van der Waals surface area contributed by atoms with Gasteiger partial charge in [0.25, 0.3) is 0 Å².